The quantitative estimate of drug-likeness (QED) is 0.689. The van der Waals surface area contributed by atoms with Crippen molar-refractivity contribution in [2.75, 3.05) is 0 Å². The summed E-state index contributed by atoms with van der Waals surface area (Å²) in [5, 5.41) is 17.4. The first-order chi connectivity index (χ1) is 5.14. The fourth-order valence-corrected chi connectivity index (χ4v) is 0.741. The van der Waals surface area contributed by atoms with Gasteiger partial charge in [-0.3, -0.25) is 0 Å². The summed E-state index contributed by atoms with van der Waals surface area (Å²) < 4.78 is 0. The van der Waals surface area contributed by atoms with Crippen molar-refractivity contribution in [1.29, 1.82) is 0 Å². The Labute approximate surface area is 65.8 Å². The van der Waals surface area contributed by atoms with Crippen molar-refractivity contribution < 1.29 is 5.11 Å². The molecule has 0 spiro atoms. The molecular formula is C7H13N3O. The van der Waals surface area contributed by atoms with Crippen molar-refractivity contribution in [2.24, 2.45) is 0 Å². The van der Waals surface area contributed by atoms with Crippen LogP contribution in [0.25, 0.3) is 0 Å². The van der Waals surface area contributed by atoms with E-state index in [0.717, 1.165) is 0 Å². The molecule has 1 aromatic heterocycles. The largest absolute Gasteiger partial charge is 0.388 e. The fourth-order valence-electron chi connectivity index (χ4n) is 0.741. The zero-order valence-electron chi connectivity index (χ0n) is 6.86. The second-order valence-corrected chi connectivity index (χ2v) is 2.91. The molecule has 0 aromatic carbocycles. The van der Waals surface area contributed by atoms with E-state index in [0.29, 0.717) is 13.0 Å². The van der Waals surface area contributed by atoms with Crippen LogP contribution in [0.5, 0.6) is 0 Å². The van der Waals surface area contributed by atoms with Gasteiger partial charge in [0.1, 0.15) is 0 Å². The lowest BCUT2D eigenvalue weighted by atomic mass is 10.1. The second kappa shape index (κ2) is 3.00. The predicted octanol–water partition coefficient (Wildman–Crippen LogP) is 0.439. The fraction of sp³-hybridized carbons (Fsp3) is 0.714. The number of nitrogens with zero attached hydrogens (tertiary/aromatic N) is 3. The average Bonchev–Trinajstić information content (AvgIpc) is 2.39. The Morgan fingerprint density at radius 2 is 2.00 bits per heavy atom. The Bertz CT molecular complexity index is 205. The van der Waals surface area contributed by atoms with Gasteiger partial charge in [0.15, 0.2) is 0 Å². The smallest absolute Gasteiger partial charge is 0.0891 e. The highest BCUT2D eigenvalue weighted by molar-refractivity contribution is 4.70. The van der Waals surface area contributed by atoms with Crippen LogP contribution in [0, 0.1) is 0 Å². The maximum atomic E-state index is 9.59. The van der Waals surface area contributed by atoms with Crippen molar-refractivity contribution in [1.82, 2.24) is 15.0 Å². The lowest BCUT2D eigenvalue weighted by Crippen LogP contribution is -2.30. The molecule has 1 aromatic rings. The Morgan fingerprint density at radius 3 is 2.45 bits per heavy atom. The number of hydrogen-bond acceptors (Lipinski definition) is 3. The van der Waals surface area contributed by atoms with Gasteiger partial charge in [0, 0.05) is 0 Å². The van der Waals surface area contributed by atoms with Gasteiger partial charge in [0.25, 0.3) is 0 Å². The maximum Gasteiger partial charge on any atom is 0.0891 e. The van der Waals surface area contributed by atoms with Gasteiger partial charge in [0.05, 0.1) is 24.5 Å². The van der Waals surface area contributed by atoms with Gasteiger partial charge < -0.3 is 5.11 Å². The van der Waals surface area contributed by atoms with Crippen LogP contribution in [0.4, 0.5) is 0 Å². The third-order valence-electron chi connectivity index (χ3n) is 1.71. The van der Waals surface area contributed by atoms with Gasteiger partial charge in [0.2, 0.25) is 0 Å². The Hall–Kier alpha value is -0.900. The second-order valence-electron chi connectivity index (χ2n) is 2.91. The van der Waals surface area contributed by atoms with Gasteiger partial charge in [-0.15, -0.1) is 0 Å². The molecule has 0 fully saturated rings. The molecule has 4 heteroatoms. The molecule has 0 amide bonds. The third-order valence-corrected chi connectivity index (χ3v) is 1.71. The van der Waals surface area contributed by atoms with Crippen LogP contribution in [-0.2, 0) is 6.54 Å². The zero-order chi connectivity index (χ0) is 8.32. The molecule has 1 heterocycles. The van der Waals surface area contributed by atoms with Gasteiger partial charge in [-0.25, -0.2) is 0 Å². The van der Waals surface area contributed by atoms with E-state index in [1.807, 2.05) is 6.92 Å². The van der Waals surface area contributed by atoms with Crippen molar-refractivity contribution in [3.8, 4) is 0 Å². The van der Waals surface area contributed by atoms with E-state index in [2.05, 4.69) is 10.2 Å². The summed E-state index contributed by atoms with van der Waals surface area (Å²) in [6, 6.07) is 0. The molecule has 1 N–H and O–H groups in total. The van der Waals surface area contributed by atoms with Gasteiger partial charge in [-0.1, -0.05) is 6.92 Å². The van der Waals surface area contributed by atoms with Crippen molar-refractivity contribution in [3.63, 3.8) is 0 Å². The molecule has 62 valence electrons. The highest BCUT2D eigenvalue weighted by Crippen LogP contribution is 2.09. The van der Waals surface area contributed by atoms with Crippen molar-refractivity contribution >= 4 is 0 Å². The summed E-state index contributed by atoms with van der Waals surface area (Å²) in [4.78, 5) is 1.49. The summed E-state index contributed by atoms with van der Waals surface area (Å²) in [7, 11) is 0. The highest BCUT2D eigenvalue weighted by atomic mass is 16.3. The molecular weight excluding hydrogens is 142 g/mol. The first-order valence-corrected chi connectivity index (χ1v) is 3.70. The molecule has 0 aliphatic rings. The molecule has 1 rings (SSSR count). The van der Waals surface area contributed by atoms with Crippen LogP contribution >= 0.6 is 0 Å². The molecule has 0 bridgehead atoms. The summed E-state index contributed by atoms with van der Waals surface area (Å²) in [6.45, 7) is 4.16. The van der Waals surface area contributed by atoms with Crippen molar-refractivity contribution in [2.45, 2.75) is 32.4 Å². The van der Waals surface area contributed by atoms with E-state index < -0.39 is 5.60 Å². The lowest BCUT2D eigenvalue weighted by Gasteiger charge is -2.19. The Balaban J connectivity index is 2.56. The molecule has 0 aliphatic carbocycles. The third kappa shape index (κ3) is 2.31. The van der Waals surface area contributed by atoms with Crippen LogP contribution in [0.3, 0.4) is 0 Å². The molecule has 0 saturated heterocycles. The van der Waals surface area contributed by atoms with Crippen LogP contribution < -0.4 is 0 Å². The minimum Gasteiger partial charge on any atom is -0.388 e. The molecule has 0 saturated carbocycles. The Morgan fingerprint density at radius 1 is 1.45 bits per heavy atom. The average molecular weight is 155 g/mol. The van der Waals surface area contributed by atoms with Crippen LogP contribution in [0.2, 0.25) is 0 Å². The van der Waals surface area contributed by atoms with E-state index in [1.165, 1.54) is 4.80 Å². The molecule has 0 aliphatic heterocycles. The predicted molar refractivity (Wildman–Crippen MR) is 40.9 cm³/mol. The van der Waals surface area contributed by atoms with E-state index in [4.69, 9.17) is 0 Å². The number of hydrogen-bond donors (Lipinski definition) is 1. The van der Waals surface area contributed by atoms with Crippen molar-refractivity contribution in [3.05, 3.63) is 12.4 Å². The molecule has 11 heavy (non-hydrogen) atoms. The summed E-state index contributed by atoms with van der Waals surface area (Å²) >= 11 is 0. The SMILES string of the molecule is CCC(C)(O)Cn1nccn1. The first kappa shape index (κ1) is 8.20. The van der Waals surface area contributed by atoms with Gasteiger partial charge in [-0.2, -0.15) is 15.0 Å². The molecule has 1 atom stereocenters. The van der Waals surface area contributed by atoms with Crippen LogP contribution in [0.15, 0.2) is 12.4 Å². The van der Waals surface area contributed by atoms with E-state index in [1.54, 1.807) is 19.3 Å². The number of rotatable bonds is 3. The normalized spacial score (nSPS) is 16.3. The number of aliphatic hydroxyl groups is 1. The topological polar surface area (TPSA) is 50.9 Å². The molecule has 4 nitrogen and oxygen atoms in total. The van der Waals surface area contributed by atoms with E-state index in [-0.39, 0.29) is 0 Å². The maximum absolute atomic E-state index is 9.59. The lowest BCUT2D eigenvalue weighted by molar-refractivity contribution is 0.0303. The molecule has 0 radical (unpaired) electrons. The van der Waals surface area contributed by atoms with E-state index >= 15 is 0 Å². The Kier molecular flexibility index (Phi) is 2.24. The minimum absolute atomic E-state index is 0.455. The molecule has 1 unspecified atom stereocenters. The summed E-state index contributed by atoms with van der Waals surface area (Å²) in [5.74, 6) is 0. The van der Waals surface area contributed by atoms with E-state index in [9.17, 15) is 5.11 Å². The first-order valence-electron chi connectivity index (χ1n) is 3.70. The highest BCUT2D eigenvalue weighted by Gasteiger charge is 2.18. The van der Waals surface area contributed by atoms with Crippen LogP contribution in [-0.4, -0.2) is 25.7 Å². The summed E-state index contributed by atoms with van der Waals surface area (Å²) in [6.07, 6.45) is 3.91. The van der Waals surface area contributed by atoms with Gasteiger partial charge in [-0.05, 0) is 13.3 Å². The number of aromatic nitrogens is 3. The standard InChI is InChI=1S/C7H13N3O/c1-3-7(2,11)6-10-8-4-5-9-10/h4-5,11H,3,6H2,1-2H3. The zero-order valence-corrected chi connectivity index (χ0v) is 6.86. The monoisotopic (exact) mass is 155 g/mol. The van der Waals surface area contributed by atoms with Gasteiger partial charge >= 0.3 is 0 Å². The minimum atomic E-state index is -0.695. The summed E-state index contributed by atoms with van der Waals surface area (Å²) in [5.41, 5.74) is -0.695. The van der Waals surface area contributed by atoms with Crippen LogP contribution in [0.1, 0.15) is 20.3 Å².